The molecular formula is C13H23N3O5. The van der Waals surface area contributed by atoms with E-state index in [4.69, 9.17) is 4.74 Å². The summed E-state index contributed by atoms with van der Waals surface area (Å²) in [5.41, 5.74) is -1.72. The van der Waals surface area contributed by atoms with Gasteiger partial charge in [0, 0.05) is 31.6 Å². The van der Waals surface area contributed by atoms with Crippen molar-refractivity contribution in [1.29, 1.82) is 0 Å². The Kier molecular flexibility index (Phi) is 5.54. The molecule has 3 amide bonds. The molecule has 1 fully saturated rings. The van der Waals surface area contributed by atoms with E-state index >= 15 is 0 Å². The molecule has 0 aromatic heterocycles. The van der Waals surface area contributed by atoms with Crippen LogP contribution in [0.5, 0.6) is 0 Å². The van der Waals surface area contributed by atoms with Crippen LogP contribution in [0.1, 0.15) is 33.6 Å². The molecule has 0 aromatic carbocycles. The van der Waals surface area contributed by atoms with E-state index in [0.29, 0.717) is 0 Å². The summed E-state index contributed by atoms with van der Waals surface area (Å²) >= 11 is 0. The molecule has 0 radical (unpaired) electrons. The lowest BCUT2D eigenvalue weighted by molar-refractivity contribution is -0.148. The van der Waals surface area contributed by atoms with E-state index in [1.54, 1.807) is 0 Å². The number of ether oxygens (including phenoxy) is 1. The van der Waals surface area contributed by atoms with Gasteiger partial charge in [-0.15, -0.1) is 0 Å². The van der Waals surface area contributed by atoms with Crippen molar-refractivity contribution in [3.8, 4) is 0 Å². The van der Waals surface area contributed by atoms with Gasteiger partial charge >= 0.3 is 12.0 Å². The number of rotatable bonds is 4. The number of carbonyl (C=O) groups is 3. The quantitative estimate of drug-likeness (QED) is 0.575. The molecule has 8 heteroatoms. The first-order chi connectivity index (χ1) is 9.65. The normalized spacial score (nSPS) is 17.7. The predicted molar refractivity (Wildman–Crippen MR) is 74.8 cm³/mol. The lowest BCUT2D eigenvalue weighted by atomic mass is 9.90. The highest BCUT2D eigenvalue weighted by Crippen LogP contribution is 2.20. The minimum absolute atomic E-state index is 0.198. The first kappa shape index (κ1) is 17.2. The Morgan fingerprint density at radius 2 is 1.76 bits per heavy atom. The van der Waals surface area contributed by atoms with Gasteiger partial charge in [0.15, 0.2) is 0 Å². The second-order valence-electron chi connectivity index (χ2n) is 6.11. The third kappa shape index (κ3) is 5.58. The molecule has 1 saturated heterocycles. The summed E-state index contributed by atoms with van der Waals surface area (Å²) in [6.45, 7) is 5.81. The van der Waals surface area contributed by atoms with Crippen LogP contribution in [0.25, 0.3) is 0 Å². The summed E-state index contributed by atoms with van der Waals surface area (Å²) in [5.74, 6) is -1.44. The zero-order chi connectivity index (χ0) is 16.1. The maximum atomic E-state index is 11.8. The van der Waals surface area contributed by atoms with Gasteiger partial charge < -0.3 is 25.8 Å². The molecule has 0 spiro atoms. The number of carbonyl (C=O) groups excluding carboxylic acids is 2. The summed E-state index contributed by atoms with van der Waals surface area (Å²) in [4.78, 5) is 34.7. The largest absolute Gasteiger partial charge is 0.480 e. The summed E-state index contributed by atoms with van der Waals surface area (Å²) in [7, 11) is 0. The van der Waals surface area contributed by atoms with E-state index in [-0.39, 0.29) is 38.5 Å². The number of amides is 3. The Morgan fingerprint density at radius 3 is 2.24 bits per heavy atom. The lowest BCUT2D eigenvalue weighted by Gasteiger charge is -2.33. The second-order valence-corrected chi connectivity index (χ2v) is 6.11. The number of carboxylic acids is 1. The zero-order valence-electron chi connectivity index (χ0n) is 12.6. The third-order valence-corrected chi connectivity index (χ3v) is 3.03. The maximum Gasteiger partial charge on any atom is 0.329 e. The van der Waals surface area contributed by atoms with Crippen LogP contribution in [0, 0.1) is 0 Å². The Balaban J connectivity index is 2.48. The lowest BCUT2D eigenvalue weighted by Crippen LogP contribution is -2.60. The van der Waals surface area contributed by atoms with E-state index in [1.165, 1.54) is 0 Å². The molecule has 1 heterocycles. The predicted octanol–water partition coefficient (Wildman–Crippen LogP) is -0.166. The monoisotopic (exact) mass is 301 g/mol. The molecule has 0 aromatic rings. The van der Waals surface area contributed by atoms with Crippen molar-refractivity contribution in [1.82, 2.24) is 16.0 Å². The molecule has 1 aliphatic heterocycles. The molecule has 0 unspecified atom stereocenters. The zero-order valence-corrected chi connectivity index (χ0v) is 12.6. The summed E-state index contributed by atoms with van der Waals surface area (Å²) in [6.07, 6.45) is 0.397. The molecule has 0 atom stereocenters. The molecule has 8 nitrogen and oxygen atoms in total. The molecular weight excluding hydrogens is 278 g/mol. The number of hydrogen-bond acceptors (Lipinski definition) is 4. The fourth-order valence-corrected chi connectivity index (χ4v) is 2.00. The molecule has 1 rings (SSSR count). The smallest absolute Gasteiger partial charge is 0.329 e. The standard InChI is InChI=1S/C13H23N3O5/c1-12(2,3)15-9(17)8-14-11(20)16-13(10(18)19)4-6-21-7-5-13/h4-8H2,1-3H3,(H,15,17)(H,18,19)(H2,14,16,20). The van der Waals surface area contributed by atoms with E-state index in [0.717, 1.165) is 0 Å². The van der Waals surface area contributed by atoms with Gasteiger partial charge in [-0.05, 0) is 20.8 Å². The first-order valence-electron chi connectivity index (χ1n) is 6.83. The van der Waals surface area contributed by atoms with Crippen LogP contribution in [0.15, 0.2) is 0 Å². The Morgan fingerprint density at radius 1 is 1.19 bits per heavy atom. The van der Waals surface area contributed by atoms with Crippen LogP contribution in [-0.4, -0.2) is 53.9 Å². The van der Waals surface area contributed by atoms with Gasteiger partial charge in [-0.2, -0.15) is 0 Å². The molecule has 0 saturated carbocycles. The van der Waals surface area contributed by atoms with Crippen LogP contribution < -0.4 is 16.0 Å². The number of carboxylic acid groups (broad SMARTS) is 1. The van der Waals surface area contributed by atoms with Gasteiger partial charge in [0.1, 0.15) is 5.54 Å². The topological polar surface area (TPSA) is 117 Å². The Hall–Kier alpha value is -1.83. The molecule has 120 valence electrons. The molecule has 0 aliphatic carbocycles. The number of nitrogens with one attached hydrogen (secondary N) is 3. The first-order valence-corrected chi connectivity index (χ1v) is 6.83. The van der Waals surface area contributed by atoms with Crippen LogP contribution in [-0.2, 0) is 14.3 Å². The minimum Gasteiger partial charge on any atom is -0.480 e. The van der Waals surface area contributed by atoms with E-state index < -0.39 is 23.1 Å². The Labute approximate surface area is 123 Å². The average molecular weight is 301 g/mol. The molecule has 1 aliphatic rings. The van der Waals surface area contributed by atoms with Gasteiger partial charge in [-0.1, -0.05) is 0 Å². The second kappa shape index (κ2) is 6.75. The maximum absolute atomic E-state index is 11.8. The van der Waals surface area contributed by atoms with Crippen molar-refractivity contribution in [2.24, 2.45) is 0 Å². The van der Waals surface area contributed by atoms with Crippen molar-refractivity contribution in [2.75, 3.05) is 19.8 Å². The van der Waals surface area contributed by atoms with Gasteiger partial charge in [0.05, 0.1) is 6.54 Å². The highest BCUT2D eigenvalue weighted by Gasteiger charge is 2.41. The number of urea groups is 1. The van der Waals surface area contributed by atoms with Gasteiger partial charge in [-0.3, -0.25) is 4.79 Å². The van der Waals surface area contributed by atoms with E-state index in [2.05, 4.69) is 16.0 Å². The Bertz CT molecular complexity index is 411. The van der Waals surface area contributed by atoms with E-state index in [9.17, 15) is 19.5 Å². The van der Waals surface area contributed by atoms with Crippen molar-refractivity contribution >= 4 is 17.9 Å². The van der Waals surface area contributed by atoms with Gasteiger partial charge in [-0.25, -0.2) is 9.59 Å². The molecule has 0 bridgehead atoms. The van der Waals surface area contributed by atoms with Crippen molar-refractivity contribution in [2.45, 2.75) is 44.7 Å². The van der Waals surface area contributed by atoms with Crippen molar-refractivity contribution < 1.29 is 24.2 Å². The SMILES string of the molecule is CC(C)(C)NC(=O)CNC(=O)NC1(C(=O)O)CCOCC1. The highest BCUT2D eigenvalue weighted by atomic mass is 16.5. The minimum atomic E-state index is -1.33. The summed E-state index contributed by atoms with van der Waals surface area (Å²) < 4.78 is 5.11. The van der Waals surface area contributed by atoms with Gasteiger partial charge in [0.2, 0.25) is 5.91 Å². The van der Waals surface area contributed by atoms with Crippen LogP contribution in [0.3, 0.4) is 0 Å². The summed E-state index contributed by atoms with van der Waals surface area (Å²) in [5, 5.41) is 16.8. The third-order valence-electron chi connectivity index (χ3n) is 3.03. The van der Waals surface area contributed by atoms with Crippen LogP contribution in [0.2, 0.25) is 0 Å². The number of hydrogen-bond donors (Lipinski definition) is 4. The van der Waals surface area contributed by atoms with Gasteiger partial charge in [0.25, 0.3) is 0 Å². The van der Waals surface area contributed by atoms with Crippen molar-refractivity contribution in [3.05, 3.63) is 0 Å². The number of aliphatic carboxylic acids is 1. The summed E-state index contributed by atoms with van der Waals surface area (Å²) in [6, 6.07) is -0.677. The van der Waals surface area contributed by atoms with Crippen LogP contribution >= 0.6 is 0 Å². The fraction of sp³-hybridized carbons (Fsp3) is 0.769. The average Bonchev–Trinajstić information content (AvgIpc) is 2.35. The molecule has 4 N–H and O–H groups in total. The highest BCUT2D eigenvalue weighted by molar-refractivity contribution is 5.88. The van der Waals surface area contributed by atoms with E-state index in [1.807, 2.05) is 20.8 Å². The van der Waals surface area contributed by atoms with Crippen LogP contribution in [0.4, 0.5) is 4.79 Å². The fourth-order valence-electron chi connectivity index (χ4n) is 2.00. The van der Waals surface area contributed by atoms with Crippen molar-refractivity contribution in [3.63, 3.8) is 0 Å². The molecule has 21 heavy (non-hydrogen) atoms.